The van der Waals surface area contributed by atoms with Crippen LogP contribution in [0.15, 0.2) is 11.0 Å². The summed E-state index contributed by atoms with van der Waals surface area (Å²) >= 11 is 0. The number of rotatable bonds is 3. The monoisotopic (exact) mass is 380 g/mol. The van der Waals surface area contributed by atoms with Gasteiger partial charge in [-0.25, -0.2) is 18.0 Å². The highest BCUT2D eigenvalue weighted by Crippen LogP contribution is 2.44. The standard InChI is InChI=1S/C17H15F3N4O3/c18-6-1-9(6)24-2-5(17(26)27)16(25)10-13(21)11(19)15(12(20)14(10)24)23-3-7-8(4-23)22-7/h2,6-9,22H,1,3-4,21H2,(H,26,27)/t6-,7?,8?,9+/m0/s1. The molecule has 10 heteroatoms. The smallest absolute Gasteiger partial charge is 0.341 e. The minimum absolute atomic E-state index is 0.0564. The van der Waals surface area contributed by atoms with E-state index in [4.69, 9.17) is 5.73 Å². The van der Waals surface area contributed by atoms with E-state index in [9.17, 15) is 23.5 Å². The van der Waals surface area contributed by atoms with E-state index in [1.54, 1.807) is 0 Å². The van der Waals surface area contributed by atoms with E-state index in [0.717, 1.165) is 10.8 Å². The van der Waals surface area contributed by atoms with E-state index in [1.807, 2.05) is 0 Å². The highest BCUT2D eigenvalue weighted by Gasteiger charge is 2.47. The second kappa shape index (κ2) is 5.16. The van der Waals surface area contributed by atoms with Crippen LogP contribution in [0, 0.1) is 11.6 Å². The Bertz CT molecular complexity index is 1080. The molecule has 1 aliphatic carbocycles. The number of aromatic carboxylic acids is 1. The molecule has 142 valence electrons. The number of alkyl halides is 1. The van der Waals surface area contributed by atoms with Gasteiger partial charge >= 0.3 is 5.97 Å². The number of carboxylic acids is 1. The van der Waals surface area contributed by atoms with Crippen molar-refractivity contribution in [2.45, 2.75) is 30.7 Å². The van der Waals surface area contributed by atoms with Gasteiger partial charge in [0.15, 0.2) is 11.6 Å². The van der Waals surface area contributed by atoms with Crippen LogP contribution in [0.4, 0.5) is 24.5 Å². The number of fused-ring (bicyclic) bond motifs is 2. The molecule has 5 rings (SSSR count). The third-order valence-corrected chi connectivity index (χ3v) is 5.59. The molecule has 2 saturated heterocycles. The Morgan fingerprint density at radius 2 is 1.89 bits per heavy atom. The number of pyridine rings is 1. The van der Waals surface area contributed by atoms with Crippen LogP contribution in [0.5, 0.6) is 0 Å². The normalized spacial score (nSPS) is 28.5. The summed E-state index contributed by atoms with van der Waals surface area (Å²) in [6, 6.07) is -0.515. The fourth-order valence-electron chi connectivity index (χ4n) is 4.00. The van der Waals surface area contributed by atoms with Gasteiger partial charge in [0, 0.05) is 37.8 Å². The van der Waals surface area contributed by atoms with Gasteiger partial charge in [-0.1, -0.05) is 0 Å². The summed E-state index contributed by atoms with van der Waals surface area (Å²) in [6.45, 7) is 0.770. The molecule has 7 nitrogen and oxygen atoms in total. The van der Waals surface area contributed by atoms with Crippen LogP contribution in [0.3, 0.4) is 0 Å². The number of benzene rings is 1. The van der Waals surface area contributed by atoms with Gasteiger partial charge in [0.2, 0.25) is 5.43 Å². The number of carbonyl (C=O) groups is 1. The molecule has 2 aliphatic heterocycles. The molecule has 0 bridgehead atoms. The van der Waals surface area contributed by atoms with Crippen molar-refractivity contribution in [3.8, 4) is 0 Å². The van der Waals surface area contributed by atoms with E-state index in [0.29, 0.717) is 13.1 Å². The molecule has 1 saturated carbocycles. The average molecular weight is 380 g/mol. The van der Waals surface area contributed by atoms with Gasteiger partial charge in [0.25, 0.3) is 0 Å². The van der Waals surface area contributed by atoms with E-state index in [1.165, 1.54) is 4.90 Å². The Labute approximate surface area is 150 Å². The topological polar surface area (TPSA) is 110 Å². The second-order valence-electron chi connectivity index (χ2n) is 7.30. The van der Waals surface area contributed by atoms with Gasteiger partial charge in [-0.15, -0.1) is 0 Å². The Hall–Kier alpha value is -2.75. The van der Waals surface area contributed by atoms with Crippen LogP contribution in [-0.4, -0.2) is 47.0 Å². The highest BCUT2D eigenvalue weighted by molar-refractivity contribution is 5.99. The summed E-state index contributed by atoms with van der Waals surface area (Å²) in [5.74, 6) is -3.69. The number of anilines is 2. The molecule has 3 fully saturated rings. The molecule has 3 aliphatic rings. The molecule has 3 heterocycles. The molecule has 0 amide bonds. The number of halogens is 3. The first-order valence-corrected chi connectivity index (χ1v) is 8.53. The summed E-state index contributed by atoms with van der Waals surface area (Å²) in [7, 11) is 0. The van der Waals surface area contributed by atoms with Crippen molar-refractivity contribution >= 4 is 28.2 Å². The molecule has 4 N–H and O–H groups in total. The average Bonchev–Trinajstić information content (AvgIpc) is 3.49. The molecule has 27 heavy (non-hydrogen) atoms. The minimum atomic E-state index is -1.57. The van der Waals surface area contributed by atoms with Crippen molar-refractivity contribution in [3.05, 3.63) is 33.6 Å². The Kier molecular flexibility index (Phi) is 3.14. The zero-order valence-corrected chi connectivity index (χ0v) is 13.9. The Morgan fingerprint density at radius 3 is 2.44 bits per heavy atom. The number of nitrogens with two attached hydrogens (primary N) is 1. The first-order chi connectivity index (χ1) is 12.8. The summed E-state index contributed by atoms with van der Waals surface area (Å²) in [6.07, 6.45) is -0.319. The highest BCUT2D eigenvalue weighted by atomic mass is 19.1. The van der Waals surface area contributed by atoms with Gasteiger partial charge in [0.05, 0.1) is 22.6 Å². The number of aromatic nitrogens is 1. The van der Waals surface area contributed by atoms with Gasteiger partial charge < -0.3 is 25.6 Å². The summed E-state index contributed by atoms with van der Waals surface area (Å²) in [5.41, 5.74) is 2.70. The van der Waals surface area contributed by atoms with Crippen molar-refractivity contribution in [2.75, 3.05) is 23.7 Å². The fourth-order valence-corrected chi connectivity index (χ4v) is 4.00. The van der Waals surface area contributed by atoms with Crippen LogP contribution < -0.4 is 21.4 Å². The fraction of sp³-hybridized carbons (Fsp3) is 0.412. The maximum atomic E-state index is 15.4. The first kappa shape index (κ1) is 16.4. The van der Waals surface area contributed by atoms with Crippen LogP contribution in [0.25, 0.3) is 10.9 Å². The van der Waals surface area contributed by atoms with Crippen LogP contribution >= 0.6 is 0 Å². The van der Waals surface area contributed by atoms with E-state index in [-0.39, 0.29) is 29.7 Å². The van der Waals surface area contributed by atoms with Crippen molar-refractivity contribution < 1.29 is 23.1 Å². The Morgan fingerprint density at radius 1 is 1.26 bits per heavy atom. The number of nitrogen functional groups attached to an aromatic ring is 1. The largest absolute Gasteiger partial charge is 0.477 e. The summed E-state index contributed by atoms with van der Waals surface area (Å²) in [5, 5.41) is 11.8. The van der Waals surface area contributed by atoms with Crippen molar-refractivity contribution in [1.29, 1.82) is 0 Å². The third-order valence-electron chi connectivity index (χ3n) is 5.59. The van der Waals surface area contributed by atoms with Gasteiger partial charge in [-0.3, -0.25) is 4.79 Å². The van der Waals surface area contributed by atoms with Crippen molar-refractivity contribution in [2.24, 2.45) is 0 Å². The summed E-state index contributed by atoms with van der Waals surface area (Å²) in [4.78, 5) is 25.4. The maximum Gasteiger partial charge on any atom is 0.341 e. The molecule has 0 spiro atoms. The summed E-state index contributed by atoms with van der Waals surface area (Å²) < 4.78 is 45.1. The number of nitrogens with zero attached hydrogens (tertiary/aromatic N) is 2. The zero-order valence-electron chi connectivity index (χ0n) is 13.9. The first-order valence-electron chi connectivity index (χ1n) is 8.53. The molecule has 4 atom stereocenters. The van der Waals surface area contributed by atoms with E-state index >= 15 is 4.39 Å². The van der Waals surface area contributed by atoms with Crippen molar-refractivity contribution in [3.63, 3.8) is 0 Å². The predicted octanol–water partition coefficient (Wildman–Crippen LogP) is 1.00. The lowest BCUT2D eigenvalue weighted by atomic mass is 10.1. The van der Waals surface area contributed by atoms with E-state index < -0.39 is 51.9 Å². The zero-order chi connectivity index (χ0) is 19.2. The van der Waals surface area contributed by atoms with Crippen molar-refractivity contribution in [1.82, 2.24) is 9.88 Å². The lowest BCUT2D eigenvalue weighted by molar-refractivity contribution is 0.0694. The van der Waals surface area contributed by atoms with E-state index in [2.05, 4.69) is 5.32 Å². The maximum absolute atomic E-state index is 15.4. The molecule has 2 aromatic rings. The predicted molar refractivity (Wildman–Crippen MR) is 91.0 cm³/mol. The lowest BCUT2D eigenvalue weighted by Gasteiger charge is -2.24. The molecule has 0 radical (unpaired) electrons. The number of nitrogens with one attached hydrogen (secondary N) is 1. The quantitative estimate of drug-likeness (QED) is 0.541. The molecule has 2 unspecified atom stereocenters. The number of hydrogen-bond donors (Lipinski definition) is 3. The number of carboxylic acid groups (broad SMARTS) is 1. The Balaban J connectivity index is 1.84. The van der Waals surface area contributed by atoms with Gasteiger partial charge in [-0.05, 0) is 0 Å². The lowest BCUT2D eigenvalue weighted by Crippen LogP contribution is -2.30. The number of hydrogen-bond acceptors (Lipinski definition) is 5. The van der Waals surface area contributed by atoms with Gasteiger partial charge in [-0.2, -0.15) is 0 Å². The molecular weight excluding hydrogens is 365 g/mol. The van der Waals surface area contributed by atoms with Crippen LogP contribution in [0.2, 0.25) is 0 Å². The SMILES string of the molecule is Nc1c(F)c(N2CC3NC3C2)c(F)c2c1c(=O)c(C(=O)O)cn2[C@@H]1C[C@@H]1F. The second-order valence-corrected chi connectivity index (χ2v) is 7.30. The van der Waals surface area contributed by atoms with Crippen LogP contribution in [-0.2, 0) is 0 Å². The van der Waals surface area contributed by atoms with Crippen LogP contribution in [0.1, 0.15) is 22.8 Å². The van der Waals surface area contributed by atoms with Gasteiger partial charge in [0.1, 0.15) is 17.4 Å². The molecule has 1 aromatic carbocycles. The third kappa shape index (κ3) is 2.19. The molecular formula is C17H15F3N4O3. The minimum Gasteiger partial charge on any atom is -0.477 e. The molecule has 1 aromatic heterocycles. The number of piperazine rings is 1.